The Bertz CT molecular complexity index is 417. The van der Waals surface area contributed by atoms with E-state index in [1.165, 1.54) is 13.5 Å². The highest BCUT2D eigenvalue weighted by Gasteiger charge is 2.30. The first-order valence-corrected chi connectivity index (χ1v) is 9.16. The summed E-state index contributed by atoms with van der Waals surface area (Å²) in [4.78, 5) is 20.8. The van der Waals surface area contributed by atoms with Crippen LogP contribution in [0.4, 0.5) is 0 Å². The second-order valence-electron chi connectivity index (χ2n) is 6.31. The fourth-order valence-corrected chi connectivity index (χ4v) is 3.27. The minimum absolute atomic E-state index is 0. The van der Waals surface area contributed by atoms with Crippen LogP contribution < -0.4 is 5.32 Å². The first-order chi connectivity index (χ1) is 11.7. The van der Waals surface area contributed by atoms with Gasteiger partial charge in [-0.05, 0) is 26.2 Å². The van der Waals surface area contributed by atoms with Gasteiger partial charge in [0.15, 0.2) is 5.96 Å². The summed E-state index contributed by atoms with van der Waals surface area (Å²) >= 11 is 0. The van der Waals surface area contributed by atoms with E-state index in [0.29, 0.717) is 12.5 Å². The molecule has 1 unspecified atom stereocenters. The van der Waals surface area contributed by atoms with Crippen molar-refractivity contribution in [3.8, 4) is 0 Å². The number of hydrogen-bond donors (Lipinski definition) is 1. The van der Waals surface area contributed by atoms with Crippen LogP contribution in [-0.2, 0) is 14.3 Å². The highest BCUT2D eigenvalue weighted by molar-refractivity contribution is 14.0. The fraction of sp³-hybridized carbons (Fsp3) is 0.882. The average molecular weight is 468 g/mol. The minimum Gasteiger partial charge on any atom is -0.469 e. The number of unbranched alkanes of at least 4 members (excludes halogenated alkanes) is 1. The number of carbonyl (C=O) groups is 1. The van der Waals surface area contributed by atoms with Gasteiger partial charge in [0.1, 0.15) is 0 Å². The molecule has 0 aliphatic carbocycles. The lowest BCUT2D eigenvalue weighted by molar-refractivity contribution is -0.140. The molecule has 0 bridgehead atoms. The molecule has 8 heteroatoms. The van der Waals surface area contributed by atoms with Crippen molar-refractivity contribution in [2.75, 3.05) is 59.6 Å². The summed E-state index contributed by atoms with van der Waals surface area (Å²) in [7, 11) is 1.43. The van der Waals surface area contributed by atoms with Crippen molar-refractivity contribution in [2.45, 2.75) is 38.6 Å². The lowest BCUT2D eigenvalue weighted by Gasteiger charge is -2.32. The van der Waals surface area contributed by atoms with Gasteiger partial charge in [-0.25, -0.2) is 0 Å². The Hall–Kier alpha value is -0.610. The summed E-state index contributed by atoms with van der Waals surface area (Å²) in [6.45, 7) is 9.60. The topological polar surface area (TPSA) is 66.4 Å². The molecule has 2 fully saturated rings. The monoisotopic (exact) mass is 468 g/mol. The van der Waals surface area contributed by atoms with Crippen LogP contribution in [0.3, 0.4) is 0 Å². The van der Waals surface area contributed by atoms with Gasteiger partial charge >= 0.3 is 5.97 Å². The third kappa shape index (κ3) is 7.65. The van der Waals surface area contributed by atoms with E-state index >= 15 is 0 Å². The van der Waals surface area contributed by atoms with Crippen molar-refractivity contribution in [2.24, 2.45) is 4.99 Å². The second kappa shape index (κ2) is 12.7. The van der Waals surface area contributed by atoms with Gasteiger partial charge in [0, 0.05) is 51.7 Å². The highest BCUT2D eigenvalue weighted by atomic mass is 127. The number of ether oxygens (including phenoxy) is 2. The molecule has 0 radical (unpaired) electrons. The van der Waals surface area contributed by atoms with E-state index in [4.69, 9.17) is 9.73 Å². The molecule has 2 aliphatic heterocycles. The van der Waals surface area contributed by atoms with Crippen LogP contribution in [0.5, 0.6) is 0 Å². The second-order valence-corrected chi connectivity index (χ2v) is 6.31. The van der Waals surface area contributed by atoms with E-state index in [9.17, 15) is 4.79 Å². The number of halogens is 1. The normalized spacial score (nSPS) is 21.8. The van der Waals surface area contributed by atoms with Gasteiger partial charge in [0.05, 0.1) is 20.3 Å². The van der Waals surface area contributed by atoms with E-state index < -0.39 is 0 Å². The molecule has 0 aromatic carbocycles. The van der Waals surface area contributed by atoms with Crippen LogP contribution in [0.25, 0.3) is 0 Å². The molecule has 1 N–H and O–H groups in total. The SMILES string of the molecule is CCNC(=NCCCCC(=O)OC)N1CCC(N2CCOCC2)C1.I. The molecule has 2 saturated heterocycles. The molecule has 2 aliphatic rings. The van der Waals surface area contributed by atoms with E-state index in [-0.39, 0.29) is 29.9 Å². The smallest absolute Gasteiger partial charge is 0.305 e. The lowest BCUT2D eigenvalue weighted by atomic mass is 10.2. The first-order valence-electron chi connectivity index (χ1n) is 9.16. The Balaban J connectivity index is 0.00000312. The molecule has 25 heavy (non-hydrogen) atoms. The van der Waals surface area contributed by atoms with E-state index in [1.807, 2.05) is 0 Å². The molecule has 2 rings (SSSR count). The Labute approximate surface area is 168 Å². The molecular formula is C17H33IN4O3. The maximum Gasteiger partial charge on any atom is 0.305 e. The summed E-state index contributed by atoms with van der Waals surface area (Å²) in [6.07, 6.45) is 3.40. The Kier molecular flexibility index (Phi) is 11.4. The number of guanidine groups is 1. The van der Waals surface area contributed by atoms with Crippen LogP contribution in [0.15, 0.2) is 4.99 Å². The van der Waals surface area contributed by atoms with Crippen LogP contribution in [0, 0.1) is 0 Å². The molecule has 146 valence electrons. The molecule has 0 saturated carbocycles. The largest absolute Gasteiger partial charge is 0.469 e. The molecule has 1 atom stereocenters. The standard InChI is InChI=1S/C17H32N4O3.HI/c1-3-18-17(19-8-5-4-6-16(22)23-2)21-9-7-15(14-21)20-10-12-24-13-11-20;/h15H,3-14H2,1-2H3,(H,18,19);1H. The summed E-state index contributed by atoms with van der Waals surface area (Å²) in [6, 6.07) is 0.608. The maximum atomic E-state index is 11.1. The van der Waals surface area contributed by atoms with Gasteiger partial charge in [-0.1, -0.05) is 0 Å². The van der Waals surface area contributed by atoms with Crippen molar-refractivity contribution in [3.63, 3.8) is 0 Å². The van der Waals surface area contributed by atoms with Crippen LogP contribution in [0.1, 0.15) is 32.6 Å². The Morgan fingerprint density at radius 1 is 1.28 bits per heavy atom. The third-order valence-corrected chi connectivity index (χ3v) is 4.64. The highest BCUT2D eigenvalue weighted by Crippen LogP contribution is 2.17. The lowest BCUT2D eigenvalue weighted by Crippen LogP contribution is -2.46. The van der Waals surface area contributed by atoms with Crippen molar-refractivity contribution in [3.05, 3.63) is 0 Å². The minimum atomic E-state index is -0.140. The number of nitrogens with one attached hydrogen (secondary N) is 1. The zero-order valence-corrected chi connectivity index (χ0v) is 17.9. The van der Waals surface area contributed by atoms with Crippen LogP contribution in [-0.4, -0.2) is 87.4 Å². The zero-order chi connectivity index (χ0) is 17.2. The molecule has 0 aromatic heterocycles. The van der Waals surface area contributed by atoms with Crippen molar-refractivity contribution < 1.29 is 14.3 Å². The quantitative estimate of drug-likeness (QED) is 0.200. The predicted molar refractivity (Wildman–Crippen MR) is 110 cm³/mol. The molecule has 2 heterocycles. The predicted octanol–water partition coefficient (Wildman–Crippen LogP) is 1.32. The summed E-state index contributed by atoms with van der Waals surface area (Å²) in [5.74, 6) is 0.866. The van der Waals surface area contributed by atoms with Gasteiger partial charge in [0.2, 0.25) is 0 Å². The number of aliphatic imine (C=N–C) groups is 1. The number of morpholine rings is 1. The number of hydrogen-bond acceptors (Lipinski definition) is 5. The van der Waals surface area contributed by atoms with Gasteiger partial charge in [0.25, 0.3) is 0 Å². The number of esters is 1. The van der Waals surface area contributed by atoms with E-state index in [0.717, 1.165) is 71.3 Å². The van der Waals surface area contributed by atoms with Crippen LogP contribution >= 0.6 is 24.0 Å². The van der Waals surface area contributed by atoms with E-state index in [2.05, 4.69) is 26.8 Å². The summed E-state index contributed by atoms with van der Waals surface area (Å²) < 4.78 is 10.1. The number of likely N-dealkylation sites (tertiary alicyclic amines) is 1. The molecule has 0 amide bonds. The van der Waals surface area contributed by atoms with Gasteiger partial charge in [-0.3, -0.25) is 14.7 Å². The molecule has 0 spiro atoms. The number of rotatable bonds is 7. The van der Waals surface area contributed by atoms with Gasteiger partial charge in [-0.15, -0.1) is 24.0 Å². The van der Waals surface area contributed by atoms with Crippen LogP contribution in [0.2, 0.25) is 0 Å². The first kappa shape index (κ1) is 22.4. The van der Waals surface area contributed by atoms with Gasteiger partial charge in [-0.2, -0.15) is 0 Å². The van der Waals surface area contributed by atoms with Crippen molar-refractivity contribution in [1.29, 1.82) is 0 Å². The maximum absolute atomic E-state index is 11.1. The van der Waals surface area contributed by atoms with Crippen molar-refractivity contribution >= 4 is 35.9 Å². The molecule has 0 aromatic rings. The van der Waals surface area contributed by atoms with E-state index in [1.54, 1.807) is 0 Å². The summed E-state index contributed by atoms with van der Waals surface area (Å²) in [5, 5.41) is 3.40. The molecular weight excluding hydrogens is 435 g/mol. The average Bonchev–Trinajstić information content (AvgIpc) is 3.11. The number of methoxy groups -OCH3 is 1. The Morgan fingerprint density at radius 2 is 2.04 bits per heavy atom. The number of carbonyl (C=O) groups excluding carboxylic acids is 1. The fourth-order valence-electron chi connectivity index (χ4n) is 3.27. The zero-order valence-electron chi connectivity index (χ0n) is 15.5. The van der Waals surface area contributed by atoms with Gasteiger partial charge < -0.3 is 19.7 Å². The van der Waals surface area contributed by atoms with Crippen molar-refractivity contribution in [1.82, 2.24) is 15.1 Å². The molecule has 7 nitrogen and oxygen atoms in total. The third-order valence-electron chi connectivity index (χ3n) is 4.64. The summed E-state index contributed by atoms with van der Waals surface area (Å²) in [5.41, 5.74) is 0. The Morgan fingerprint density at radius 3 is 2.72 bits per heavy atom. The number of nitrogens with zero attached hydrogens (tertiary/aromatic N) is 3.